The van der Waals surface area contributed by atoms with E-state index in [-0.39, 0.29) is 0 Å². The maximum absolute atomic E-state index is 12.2. The fourth-order valence-electron chi connectivity index (χ4n) is 2.00. The molecule has 7 heteroatoms. The first-order chi connectivity index (χ1) is 11.6. The molecule has 6 nitrogen and oxygen atoms in total. The maximum atomic E-state index is 12.2. The summed E-state index contributed by atoms with van der Waals surface area (Å²) in [5, 5.41) is 0. The molecule has 2 rings (SSSR count). The summed E-state index contributed by atoms with van der Waals surface area (Å²) in [6.45, 7) is 2.28. The van der Waals surface area contributed by atoms with Crippen molar-refractivity contribution < 1.29 is 19.1 Å². The molecule has 0 aliphatic rings. The van der Waals surface area contributed by atoms with Gasteiger partial charge in [0.1, 0.15) is 11.5 Å². The van der Waals surface area contributed by atoms with Crippen molar-refractivity contribution in [3.63, 3.8) is 0 Å². The van der Waals surface area contributed by atoms with E-state index in [9.17, 15) is 9.59 Å². The minimum atomic E-state index is -0.449. The Hall–Kier alpha value is -2.29. The maximum Gasteiger partial charge on any atom is 0.273 e. The summed E-state index contributed by atoms with van der Waals surface area (Å²) in [5.74, 6) is 0.279. The Balaban J connectivity index is 2.04. The van der Waals surface area contributed by atoms with E-state index in [1.165, 1.54) is 0 Å². The Morgan fingerprint density at radius 2 is 1.75 bits per heavy atom. The summed E-state index contributed by atoms with van der Waals surface area (Å²) in [5.41, 5.74) is 5.55. The molecular formula is C17H17IN2O4. The number of methoxy groups -OCH3 is 1. The average Bonchev–Trinajstić information content (AvgIpc) is 2.60. The number of ether oxygens (including phenoxy) is 2. The zero-order valence-corrected chi connectivity index (χ0v) is 15.4. The van der Waals surface area contributed by atoms with E-state index < -0.39 is 11.8 Å². The van der Waals surface area contributed by atoms with Crippen LogP contribution in [0.1, 0.15) is 27.6 Å². The topological polar surface area (TPSA) is 76.7 Å². The van der Waals surface area contributed by atoms with Crippen molar-refractivity contribution in [3.8, 4) is 11.5 Å². The van der Waals surface area contributed by atoms with Crippen LogP contribution in [0.3, 0.4) is 0 Å². The number of amides is 2. The Kier molecular flexibility index (Phi) is 6.42. The molecule has 2 amide bonds. The first kappa shape index (κ1) is 18.1. The van der Waals surface area contributed by atoms with Crippen molar-refractivity contribution in [2.24, 2.45) is 0 Å². The van der Waals surface area contributed by atoms with Gasteiger partial charge >= 0.3 is 0 Å². The number of benzene rings is 2. The minimum absolute atomic E-state index is 0.351. The Labute approximate surface area is 153 Å². The second kappa shape index (κ2) is 8.53. The second-order valence-corrected chi connectivity index (χ2v) is 5.85. The van der Waals surface area contributed by atoms with Gasteiger partial charge in [0.05, 0.1) is 22.9 Å². The summed E-state index contributed by atoms with van der Waals surface area (Å²) in [7, 11) is 1.56. The number of carbonyl (C=O) groups excluding carboxylic acids is 2. The number of carbonyl (C=O) groups is 2. The van der Waals surface area contributed by atoms with E-state index in [2.05, 4.69) is 33.4 Å². The van der Waals surface area contributed by atoms with Gasteiger partial charge in [-0.3, -0.25) is 20.4 Å². The van der Waals surface area contributed by atoms with Gasteiger partial charge in [0.15, 0.2) is 0 Å². The molecule has 126 valence electrons. The summed E-state index contributed by atoms with van der Waals surface area (Å²) < 4.78 is 11.4. The van der Waals surface area contributed by atoms with Gasteiger partial charge in [-0.05, 0) is 59.8 Å². The lowest BCUT2D eigenvalue weighted by molar-refractivity contribution is 0.0844. The van der Waals surface area contributed by atoms with Gasteiger partial charge in [-0.25, -0.2) is 0 Å². The molecule has 0 fully saturated rings. The van der Waals surface area contributed by atoms with Crippen molar-refractivity contribution in [3.05, 3.63) is 57.2 Å². The SMILES string of the molecule is CCOc1ccccc1C(=O)NNC(=O)c1ccc(OC)c(I)c1. The third-order valence-electron chi connectivity index (χ3n) is 3.14. The van der Waals surface area contributed by atoms with Crippen LogP contribution >= 0.6 is 22.6 Å². The quantitative estimate of drug-likeness (QED) is 0.554. The molecule has 0 heterocycles. The Morgan fingerprint density at radius 3 is 2.42 bits per heavy atom. The highest BCUT2D eigenvalue weighted by Crippen LogP contribution is 2.21. The van der Waals surface area contributed by atoms with Crippen LogP contribution in [0, 0.1) is 3.57 Å². The van der Waals surface area contributed by atoms with Crippen molar-refractivity contribution in [2.75, 3.05) is 13.7 Å². The molecule has 0 radical (unpaired) electrons. The van der Waals surface area contributed by atoms with Crippen LogP contribution in [-0.2, 0) is 0 Å². The van der Waals surface area contributed by atoms with Crippen molar-refractivity contribution in [1.82, 2.24) is 10.9 Å². The monoisotopic (exact) mass is 440 g/mol. The van der Waals surface area contributed by atoms with E-state index in [1.54, 1.807) is 49.6 Å². The van der Waals surface area contributed by atoms with E-state index in [4.69, 9.17) is 9.47 Å². The third kappa shape index (κ3) is 4.38. The van der Waals surface area contributed by atoms with Crippen LogP contribution < -0.4 is 20.3 Å². The number of hydrogen-bond donors (Lipinski definition) is 2. The molecule has 0 saturated carbocycles. The molecule has 0 aliphatic heterocycles. The zero-order valence-electron chi connectivity index (χ0n) is 13.3. The molecule has 0 unspecified atom stereocenters. The highest BCUT2D eigenvalue weighted by molar-refractivity contribution is 14.1. The van der Waals surface area contributed by atoms with Crippen LogP contribution in [0.2, 0.25) is 0 Å². The number of para-hydroxylation sites is 1. The number of rotatable bonds is 5. The summed E-state index contributed by atoms with van der Waals surface area (Å²) >= 11 is 2.08. The van der Waals surface area contributed by atoms with Gasteiger partial charge in [0.25, 0.3) is 11.8 Å². The lowest BCUT2D eigenvalue weighted by Gasteiger charge is -2.11. The first-order valence-electron chi connectivity index (χ1n) is 7.22. The molecule has 0 atom stereocenters. The summed E-state index contributed by atoms with van der Waals surface area (Å²) in [4.78, 5) is 24.4. The Bertz CT molecular complexity index is 749. The normalized spacial score (nSPS) is 9.96. The zero-order chi connectivity index (χ0) is 17.5. The fourth-order valence-corrected chi connectivity index (χ4v) is 2.73. The predicted octanol–water partition coefficient (Wildman–Crippen LogP) is 2.77. The Morgan fingerprint density at radius 1 is 1.04 bits per heavy atom. The highest BCUT2D eigenvalue weighted by Gasteiger charge is 2.14. The second-order valence-electron chi connectivity index (χ2n) is 4.69. The molecule has 0 aromatic heterocycles. The molecule has 0 saturated heterocycles. The fraction of sp³-hybridized carbons (Fsp3) is 0.176. The van der Waals surface area contributed by atoms with Gasteiger partial charge in [0, 0.05) is 5.56 Å². The van der Waals surface area contributed by atoms with Crippen LogP contribution in [-0.4, -0.2) is 25.5 Å². The molecule has 24 heavy (non-hydrogen) atoms. The smallest absolute Gasteiger partial charge is 0.273 e. The molecule has 2 aromatic carbocycles. The summed E-state index contributed by atoms with van der Waals surface area (Å²) in [6, 6.07) is 11.8. The number of halogens is 1. The van der Waals surface area contributed by atoms with Crippen molar-refractivity contribution in [2.45, 2.75) is 6.92 Å². The van der Waals surface area contributed by atoms with Gasteiger partial charge in [0.2, 0.25) is 0 Å². The van der Waals surface area contributed by atoms with Gasteiger partial charge in [-0.2, -0.15) is 0 Å². The minimum Gasteiger partial charge on any atom is -0.496 e. The molecule has 0 aliphatic carbocycles. The number of hydrogen-bond acceptors (Lipinski definition) is 4. The molecule has 2 aromatic rings. The van der Waals surface area contributed by atoms with Crippen molar-refractivity contribution >= 4 is 34.4 Å². The van der Waals surface area contributed by atoms with E-state index in [0.717, 1.165) is 3.57 Å². The van der Waals surface area contributed by atoms with Crippen LogP contribution in [0.5, 0.6) is 11.5 Å². The first-order valence-corrected chi connectivity index (χ1v) is 8.30. The largest absolute Gasteiger partial charge is 0.496 e. The van der Waals surface area contributed by atoms with Crippen LogP contribution in [0.25, 0.3) is 0 Å². The predicted molar refractivity (Wildman–Crippen MR) is 98.3 cm³/mol. The number of hydrazine groups is 1. The van der Waals surface area contributed by atoms with Crippen LogP contribution in [0.4, 0.5) is 0 Å². The van der Waals surface area contributed by atoms with E-state index in [0.29, 0.717) is 29.2 Å². The van der Waals surface area contributed by atoms with Gasteiger partial charge < -0.3 is 9.47 Å². The standard InChI is InChI=1S/C17H17IN2O4/c1-3-24-14-7-5-4-6-12(14)17(22)20-19-16(21)11-8-9-15(23-2)13(18)10-11/h4-10H,3H2,1-2H3,(H,19,21)(H,20,22). The van der Waals surface area contributed by atoms with Crippen molar-refractivity contribution in [1.29, 1.82) is 0 Å². The lowest BCUT2D eigenvalue weighted by Crippen LogP contribution is -2.41. The van der Waals surface area contributed by atoms with Gasteiger partial charge in [-0.1, -0.05) is 12.1 Å². The molecule has 2 N–H and O–H groups in total. The summed E-state index contributed by atoms with van der Waals surface area (Å²) in [6.07, 6.45) is 0. The highest BCUT2D eigenvalue weighted by atomic mass is 127. The molecule has 0 spiro atoms. The molecule has 0 bridgehead atoms. The molecular weight excluding hydrogens is 423 g/mol. The van der Waals surface area contributed by atoms with Gasteiger partial charge in [-0.15, -0.1) is 0 Å². The number of nitrogens with one attached hydrogen (secondary N) is 2. The third-order valence-corrected chi connectivity index (χ3v) is 3.98. The lowest BCUT2D eigenvalue weighted by atomic mass is 10.2. The van der Waals surface area contributed by atoms with Crippen LogP contribution in [0.15, 0.2) is 42.5 Å². The van der Waals surface area contributed by atoms with E-state index >= 15 is 0 Å². The average molecular weight is 440 g/mol. The van der Waals surface area contributed by atoms with E-state index in [1.807, 2.05) is 6.92 Å².